The van der Waals surface area contributed by atoms with Gasteiger partial charge in [0.1, 0.15) is 11.3 Å². The van der Waals surface area contributed by atoms with Crippen molar-refractivity contribution in [3.05, 3.63) is 23.7 Å². The average Bonchev–Trinajstić information content (AvgIpc) is 2.71. The molecule has 2 aromatic rings. The number of hydrogen-bond donors (Lipinski definition) is 1. The van der Waals surface area contributed by atoms with Gasteiger partial charge in [0.05, 0.1) is 12.6 Å². The number of fused-ring (bicyclic) bond motifs is 1. The van der Waals surface area contributed by atoms with Crippen molar-refractivity contribution in [1.29, 1.82) is 0 Å². The van der Waals surface area contributed by atoms with E-state index >= 15 is 0 Å². The van der Waals surface area contributed by atoms with Crippen molar-refractivity contribution in [1.82, 2.24) is 14.5 Å². The Labute approximate surface area is 116 Å². The molecule has 1 atom stereocenters. The van der Waals surface area contributed by atoms with Crippen LogP contribution in [0, 0.1) is 0 Å². The van der Waals surface area contributed by atoms with E-state index in [9.17, 15) is 4.79 Å². The number of rotatable bonds is 4. The van der Waals surface area contributed by atoms with Gasteiger partial charge in [-0.15, -0.1) is 0 Å². The van der Waals surface area contributed by atoms with Gasteiger partial charge in [-0.3, -0.25) is 0 Å². The smallest absolute Gasteiger partial charge is 0.354 e. The first-order chi connectivity index (χ1) is 9.56. The van der Waals surface area contributed by atoms with Crippen LogP contribution in [0.3, 0.4) is 0 Å². The van der Waals surface area contributed by atoms with Crippen molar-refractivity contribution in [2.45, 2.75) is 38.8 Å². The number of aromatic carboxylic acids is 1. The fraction of sp³-hybridized carbons (Fsp3) is 0.500. The van der Waals surface area contributed by atoms with E-state index in [1.54, 1.807) is 6.07 Å². The number of carbonyl (C=O) groups is 1. The van der Waals surface area contributed by atoms with Gasteiger partial charge in [-0.25, -0.2) is 14.8 Å². The van der Waals surface area contributed by atoms with Crippen LogP contribution in [0.4, 0.5) is 0 Å². The number of aromatic nitrogens is 3. The third-order valence-corrected chi connectivity index (χ3v) is 3.54. The van der Waals surface area contributed by atoms with Crippen molar-refractivity contribution in [3.63, 3.8) is 0 Å². The molecule has 0 amide bonds. The van der Waals surface area contributed by atoms with Crippen LogP contribution in [0.25, 0.3) is 11.2 Å². The van der Waals surface area contributed by atoms with Crippen molar-refractivity contribution in [2.75, 3.05) is 6.61 Å². The monoisotopic (exact) mass is 275 g/mol. The number of carboxylic acid groups (broad SMARTS) is 1. The lowest BCUT2D eigenvalue weighted by Gasteiger charge is -2.27. The number of nitrogens with zero attached hydrogens (tertiary/aromatic N) is 3. The molecule has 3 rings (SSSR count). The summed E-state index contributed by atoms with van der Waals surface area (Å²) in [7, 11) is 0. The fourth-order valence-electron chi connectivity index (χ4n) is 2.39. The maximum Gasteiger partial charge on any atom is 0.354 e. The zero-order valence-electron chi connectivity index (χ0n) is 11.5. The van der Waals surface area contributed by atoms with Gasteiger partial charge in [0.2, 0.25) is 0 Å². The predicted octanol–water partition coefficient (Wildman–Crippen LogP) is 2.04. The summed E-state index contributed by atoms with van der Waals surface area (Å²) in [5, 5.41) is 9.07. The molecule has 3 heterocycles. The molecule has 106 valence electrons. The normalized spacial score (nSPS) is 18.4. The summed E-state index contributed by atoms with van der Waals surface area (Å²) in [6.07, 6.45) is 1.20. The minimum atomic E-state index is -1.02. The molecule has 6 nitrogen and oxygen atoms in total. The molecule has 0 saturated carbocycles. The Morgan fingerprint density at radius 2 is 2.25 bits per heavy atom. The van der Waals surface area contributed by atoms with E-state index in [0.29, 0.717) is 12.2 Å². The van der Waals surface area contributed by atoms with Gasteiger partial charge < -0.3 is 14.4 Å². The number of pyridine rings is 1. The minimum absolute atomic E-state index is 0.0449. The molecule has 0 aliphatic carbocycles. The zero-order valence-corrected chi connectivity index (χ0v) is 11.5. The van der Waals surface area contributed by atoms with E-state index in [0.717, 1.165) is 24.4 Å². The first-order valence-electron chi connectivity index (χ1n) is 6.78. The van der Waals surface area contributed by atoms with Crippen molar-refractivity contribution >= 4 is 17.1 Å². The molecule has 0 aromatic carbocycles. The van der Waals surface area contributed by atoms with Gasteiger partial charge in [0.15, 0.2) is 11.3 Å². The number of hydrogen-bond acceptors (Lipinski definition) is 4. The molecule has 20 heavy (non-hydrogen) atoms. The van der Waals surface area contributed by atoms with Crippen molar-refractivity contribution in [3.8, 4) is 0 Å². The summed E-state index contributed by atoms with van der Waals surface area (Å²) in [4.78, 5) is 19.9. The Bertz CT molecular complexity index is 659. The lowest BCUT2D eigenvalue weighted by molar-refractivity contribution is -0.0591. The molecule has 1 aliphatic heterocycles. The molecule has 0 unspecified atom stereocenters. The Morgan fingerprint density at radius 1 is 1.50 bits per heavy atom. The maximum absolute atomic E-state index is 11.1. The molecule has 1 aliphatic rings. The molecule has 0 bridgehead atoms. The molecule has 6 heteroatoms. The zero-order chi connectivity index (χ0) is 14.3. The van der Waals surface area contributed by atoms with Gasteiger partial charge in [0, 0.05) is 12.5 Å². The maximum atomic E-state index is 11.1. The highest BCUT2D eigenvalue weighted by atomic mass is 16.5. The topological polar surface area (TPSA) is 77.2 Å². The SMILES string of the molecule is CC(C)c1nc2ccc(C(=O)O)nc2n1C[C@@H]1CCO1. The summed E-state index contributed by atoms with van der Waals surface area (Å²) in [6.45, 7) is 5.61. The molecule has 2 aromatic heterocycles. The summed E-state index contributed by atoms with van der Waals surface area (Å²) in [6, 6.07) is 3.21. The Balaban J connectivity index is 2.11. The highest BCUT2D eigenvalue weighted by Gasteiger charge is 2.23. The fourth-order valence-corrected chi connectivity index (χ4v) is 2.39. The van der Waals surface area contributed by atoms with E-state index in [4.69, 9.17) is 9.84 Å². The molecular weight excluding hydrogens is 258 g/mol. The van der Waals surface area contributed by atoms with Gasteiger partial charge in [-0.05, 0) is 18.6 Å². The summed E-state index contributed by atoms with van der Waals surface area (Å²) in [5.74, 6) is 0.147. The van der Waals surface area contributed by atoms with Crippen LogP contribution in [-0.2, 0) is 11.3 Å². The number of ether oxygens (including phenoxy) is 1. The van der Waals surface area contributed by atoms with E-state index in [1.165, 1.54) is 6.07 Å². The van der Waals surface area contributed by atoms with Gasteiger partial charge in [-0.1, -0.05) is 13.8 Å². The summed E-state index contributed by atoms with van der Waals surface area (Å²) < 4.78 is 7.47. The van der Waals surface area contributed by atoms with E-state index in [2.05, 4.69) is 23.8 Å². The molecule has 0 spiro atoms. The van der Waals surface area contributed by atoms with Crippen LogP contribution < -0.4 is 0 Å². The van der Waals surface area contributed by atoms with Crippen LogP contribution in [-0.4, -0.2) is 38.3 Å². The molecule has 1 N–H and O–H groups in total. The highest BCUT2D eigenvalue weighted by molar-refractivity contribution is 5.88. The molecular formula is C14H17N3O3. The minimum Gasteiger partial charge on any atom is -0.477 e. The van der Waals surface area contributed by atoms with Crippen LogP contribution in [0.2, 0.25) is 0 Å². The van der Waals surface area contributed by atoms with Crippen molar-refractivity contribution in [2.24, 2.45) is 0 Å². The second-order valence-electron chi connectivity index (χ2n) is 5.36. The largest absolute Gasteiger partial charge is 0.477 e. The predicted molar refractivity (Wildman–Crippen MR) is 72.9 cm³/mol. The van der Waals surface area contributed by atoms with Gasteiger partial charge >= 0.3 is 5.97 Å². The second kappa shape index (κ2) is 4.86. The summed E-state index contributed by atoms with van der Waals surface area (Å²) >= 11 is 0. The first kappa shape index (κ1) is 13.1. The molecule has 0 radical (unpaired) electrons. The standard InChI is InChI=1S/C14H17N3O3/c1-8(2)12-15-10-3-4-11(14(18)19)16-13(10)17(12)7-9-5-6-20-9/h3-4,8-9H,5-7H2,1-2H3,(H,18,19)/t9-/m0/s1. The average molecular weight is 275 g/mol. The molecule has 1 saturated heterocycles. The van der Waals surface area contributed by atoms with Gasteiger partial charge in [-0.2, -0.15) is 0 Å². The van der Waals surface area contributed by atoms with E-state index in [1.807, 2.05) is 4.57 Å². The van der Waals surface area contributed by atoms with Crippen LogP contribution in [0.5, 0.6) is 0 Å². The van der Waals surface area contributed by atoms with E-state index in [-0.39, 0.29) is 17.7 Å². The van der Waals surface area contributed by atoms with Crippen molar-refractivity contribution < 1.29 is 14.6 Å². The number of carboxylic acids is 1. The number of imidazole rings is 1. The Hall–Kier alpha value is -1.95. The Kier molecular flexibility index (Phi) is 3.17. The third-order valence-electron chi connectivity index (χ3n) is 3.54. The van der Waals surface area contributed by atoms with E-state index < -0.39 is 5.97 Å². The first-order valence-corrected chi connectivity index (χ1v) is 6.78. The van der Waals surface area contributed by atoms with Crippen LogP contribution >= 0.6 is 0 Å². The quantitative estimate of drug-likeness (QED) is 0.924. The lowest BCUT2D eigenvalue weighted by atomic mass is 10.1. The third kappa shape index (κ3) is 2.16. The Morgan fingerprint density at radius 3 is 2.80 bits per heavy atom. The van der Waals surface area contributed by atoms with Crippen LogP contribution in [0.15, 0.2) is 12.1 Å². The second-order valence-corrected chi connectivity index (χ2v) is 5.36. The highest BCUT2D eigenvalue weighted by Crippen LogP contribution is 2.24. The van der Waals surface area contributed by atoms with Gasteiger partial charge in [0.25, 0.3) is 0 Å². The molecule has 1 fully saturated rings. The summed E-state index contributed by atoms with van der Waals surface area (Å²) in [5.41, 5.74) is 1.41. The lowest BCUT2D eigenvalue weighted by Crippen LogP contribution is -2.32. The van der Waals surface area contributed by atoms with Crippen LogP contribution in [0.1, 0.15) is 42.5 Å².